The molecule has 0 spiro atoms. The summed E-state index contributed by atoms with van der Waals surface area (Å²) in [6.07, 6.45) is 83.4. The zero-order chi connectivity index (χ0) is 60.0. The number of likely N-dealkylation sites (N-methyl/N-ethyl adjacent to an activating group) is 1. The summed E-state index contributed by atoms with van der Waals surface area (Å²) >= 11 is 0. The summed E-state index contributed by atoms with van der Waals surface area (Å²) in [5.74, 6) is -0.569. The molecule has 0 heterocycles. The lowest BCUT2D eigenvalue weighted by Gasteiger charge is -2.30. The molecule has 0 fully saturated rings. The van der Waals surface area contributed by atoms with Gasteiger partial charge in [0, 0.05) is 12.8 Å². The van der Waals surface area contributed by atoms with Crippen LogP contribution in [0, 0.1) is 0 Å². The minimum Gasteiger partial charge on any atom is -0.756 e. The van der Waals surface area contributed by atoms with Crippen LogP contribution in [0.1, 0.15) is 284 Å². The van der Waals surface area contributed by atoms with Crippen molar-refractivity contribution in [2.75, 3.05) is 40.9 Å². The van der Waals surface area contributed by atoms with Gasteiger partial charge in [-0.25, -0.2) is 0 Å². The van der Waals surface area contributed by atoms with Crippen LogP contribution in [-0.4, -0.2) is 69.4 Å². The summed E-state index contributed by atoms with van der Waals surface area (Å²) in [6, 6.07) is -0.906. The Kier molecular flexibility index (Phi) is 58.3. The second kappa shape index (κ2) is 60.8. The van der Waals surface area contributed by atoms with Crippen molar-refractivity contribution in [2.24, 2.45) is 0 Å². The van der Waals surface area contributed by atoms with Crippen molar-refractivity contribution in [3.63, 3.8) is 0 Å². The monoisotopic (exact) mass is 1160 g/mol. The number of ether oxygens (including phenoxy) is 1. The van der Waals surface area contributed by atoms with Crippen LogP contribution in [0.15, 0.2) is 109 Å². The lowest BCUT2D eigenvalue weighted by Crippen LogP contribution is -2.47. The van der Waals surface area contributed by atoms with Gasteiger partial charge in [0.15, 0.2) is 0 Å². The Morgan fingerprint density at radius 3 is 1.20 bits per heavy atom. The number of amides is 1. The van der Waals surface area contributed by atoms with Crippen LogP contribution in [0.5, 0.6) is 0 Å². The van der Waals surface area contributed by atoms with E-state index in [0.29, 0.717) is 23.9 Å². The third-order valence-corrected chi connectivity index (χ3v) is 15.4. The van der Waals surface area contributed by atoms with Gasteiger partial charge >= 0.3 is 5.97 Å². The molecule has 0 aromatic heterocycles. The van der Waals surface area contributed by atoms with E-state index in [4.69, 9.17) is 13.8 Å². The van der Waals surface area contributed by atoms with Gasteiger partial charge in [0.1, 0.15) is 19.3 Å². The molecular weight excluding hydrogens is 1040 g/mol. The highest BCUT2D eigenvalue weighted by atomic mass is 31.2. The van der Waals surface area contributed by atoms with Crippen LogP contribution in [0.3, 0.4) is 0 Å². The van der Waals surface area contributed by atoms with E-state index in [0.717, 1.165) is 128 Å². The topological polar surface area (TPSA) is 114 Å². The molecule has 0 aliphatic heterocycles. The Labute approximate surface area is 506 Å². The molecule has 0 rings (SSSR count). The van der Waals surface area contributed by atoms with E-state index >= 15 is 0 Å². The number of unbranched alkanes of at least 4 members (excludes halogenated alkanes) is 28. The molecule has 0 aromatic rings. The quantitative estimate of drug-likeness (QED) is 0.0212. The molecular formula is C72H127N2O7P. The van der Waals surface area contributed by atoms with Gasteiger partial charge in [-0.05, 0) is 115 Å². The van der Waals surface area contributed by atoms with Crippen molar-refractivity contribution in [2.45, 2.75) is 296 Å². The summed E-state index contributed by atoms with van der Waals surface area (Å²) in [4.78, 5) is 40.1. The van der Waals surface area contributed by atoms with Gasteiger partial charge in [0.05, 0.1) is 33.8 Å². The maximum atomic E-state index is 13.6. The fourth-order valence-corrected chi connectivity index (χ4v) is 9.98. The van der Waals surface area contributed by atoms with Crippen LogP contribution >= 0.6 is 7.82 Å². The van der Waals surface area contributed by atoms with E-state index in [1.54, 1.807) is 0 Å². The number of rotatable bonds is 60. The molecule has 82 heavy (non-hydrogen) atoms. The van der Waals surface area contributed by atoms with Crippen molar-refractivity contribution in [1.82, 2.24) is 5.32 Å². The van der Waals surface area contributed by atoms with Gasteiger partial charge in [-0.1, -0.05) is 265 Å². The fourth-order valence-electron chi connectivity index (χ4n) is 9.26. The number of hydrogen-bond donors (Lipinski definition) is 1. The third-order valence-electron chi connectivity index (χ3n) is 14.4. The molecule has 3 atom stereocenters. The number of nitrogens with zero attached hydrogens (tertiary/aromatic N) is 1. The Hall–Kier alpha value is -3.33. The second-order valence-electron chi connectivity index (χ2n) is 23.6. The van der Waals surface area contributed by atoms with E-state index in [9.17, 15) is 19.0 Å². The summed E-state index contributed by atoms with van der Waals surface area (Å²) in [6.45, 7) is 6.69. The van der Waals surface area contributed by atoms with Crippen LogP contribution in [0.4, 0.5) is 0 Å². The standard InChI is InChI=1S/C72H127N2O7P/c1-7-10-13-16-19-22-25-28-30-32-34-36-37-39-40-42-44-46-49-52-55-58-61-64-71(75)73-69(68-80-82(77,78)79-67-66-74(4,5)6)70(63-60-57-54-51-48-27-24-21-18-15-12-9-3)81-72(76)65-62-59-56-53-50-47-45-43-41-38-35-33-31-29-26-23-20-17-14-11-8-2/h11,14,19-20,22-23,28-31,34-36,38,43,45,60,63,69-70H,7-10,12-13,15-18,21,24-27,32-33,37,39-42,44,46-59,61-62,64-68H2,1-6H3,(H-,73,75,77,78)/b14-11-,22-19-,23-20-,30-28-,31-29-,36-34-,38-35-,45-43-,63-60+. The number of carbonyl (C=O) groups is 2. The van der Waals surface area contributed by atoms with Gasteiger partial charge in [-0.3, -0.25) is 14.2 Å². The Bertz CT molecular complexity index is 1770. The highest BCUT2D eigenvalue weighted by Gasteiger charge is 2.27. The average molecular weight is 1160 g/mol. The number of allylic oxidation sites excluding steroid dienone is 17. The van der Waals surface area contributed by atoms with Crippen LogP contribution in [0.2, 0.25) is 0 Å². The molecule has 0 radical (unpaired) electrons. The summed E-state index contributed by atoms with van der Waals surface area (Å²) in [7, 11) is 1.16. The zero-order valence-corrected chi connectivity index (χ0v) is 54.8. The highest BCUT2D eigenvalue weighted by Crippen LogP contribution is 2.38. The minimum atomic E-state index is -4.71. The van der Waals surface area contributed by atoms with E-state index in [-0.39, 0.29) is 24.9 Å². The molecule has 0 saturated heterocycles. The summed E-state index contributed by atoms with van der Waals surface area (Å²) in [5, 5.41) is 3.03. The van der Waals surface area contributed by atoms with Crippen molar-refractivity contribution in [1.29, 1.82) is 0 Å². The Morgan fingerprint density at radius 1 is 0.439 bits per heavy atom. The fraction of sp³-hybridized carbons (Fsp3) is 0.722. The van der Waals surface area contributed by atoms with E-state index in [1.165, 1.54) is 116 Å². The SMILES string of the molecule is CC/C=C\C/C=C\C/C=C\C/C=C\C/C=C\CCCCCCCC(=O)OC(/C=C/CCCCCCCCCCCC)C(COP(=O)([O-])OCC[N+](C)(C)C)NC(=O)CCCCCCCCCCCC/C=C\C/C=C\C/C=C\CCCCC. The molecule has 1 amide bonds. The molecule has 0 bridgehead atoms. The largest absolute Gasteiger partial charge is 0.756 e. The minimum absolute atomic E-state index is 0.0316. The molecule has 10 heteroatoms. The molecule has 0 aliphatic carbocycles. The van der Waals surface area contributed by atoms with E-state index < -0.39 is 26.6 Å². The molecule has 472 valence electrons. The zero-order valence-electron chi connectivity index (χ0n) is 53.9. The molecule has 9 nitrogen and oxygen atoms in total. The molecule has 0 aliphatic rings. The van der Waals surface area contributed by atoms with E-state index in [2.05, 4.69) is 123 Å². The second-order valence-corrected chi connectivity index (χ2v) is 25.0. The van der Waals surface area contributed by atoms with Gasteiger partial charge in [-0.2, -0.15) is 0 Å². The van der Waals surface area contributed by atoms with Crippen molar-refractivity contribution in [3.8, 4) is 0 Å². The third kappa shape index (κ3) is 61.2. The lowest BCUT2D eigenvalue weighted by atomic mass is 10.0. The molecule has 0 saturated carbocycles. The Morgan fingerprint density at radius 2 is 0.780 bits per heavy atom. The number of carbonyl (C=O) groups excluding carboxylic acids is 2. The number of nitrogens with one attached hydrogen (secondary N) is 1. The van der Waals surface area contributed by atoms with Gasteiger partial charge in [0.25, 0.3) is 7.82 Å². The molecule has 3 unspecified atom stereocenters. The summed E-state index contributed by atoms with van der Waals surface area (Å²) in [5.41, 5.74) is 0. The van der Waals surface area contributed by atoms with E-state index in [1.807, 2.05) is 33.3 Å². The van der Waals surface area contributed by atoms with Crippen molar-refractivity contribution in [3.05, 3.63) is 109 Å². The number of phosphoric ester groups is 1. The predicted molar refractivity (Wildman–Crippen MR) is 353 cm³/mol. The first kappa shape index (κ1) is 78.7. The summed E-state index contributed by atoms with van der Waals surface area (Å²) < 4.78 is 30.4. The maximum absolute atomic E-state index is 13.6. The number of esters is 1. The number of phosphoric acid groups is 1. The normalized spacial score (nSPS) is 14.3. The number of quaternary nitrogens is 1. The average Bonchev–Trinajstić information content (AvgIpc) is 3.44. The van der Waals surface area contributed by atoms with Gasteiger partial charge in [-0.15, -0.1) is 0 Å². The number of hydrogen-bond acceptors (Lipinski definition) is 7. The van der Waals surface area contributed by atoms with Crippen LogP contribution < -0.4 is 10.2 Å². The first-order valence-electron chi connectivity index (χ1n) is 33.7. The highest BCUT2D eigenvalue weighted by molar-refractivity contribution is 7.45. The first-order valence-corrected chi connectivity index (χ1v) is 35.2. The molecule has 0 aromatic carbocycles. The first-order chi connectivity index (χ1) is 39.9. The van der Waals surface area contributed by atoms with Crippen molar-refractivity contribution >= 4 is 19.7 Å². The Balaban J connectivity index is 5.20. The molecule has 1 N–H and O–H groups in total. The smallest absolute Gasteiger partial charge is 0.306 e. The predicted octanol–water partition coefficient (Wildman–Crippen LogP) is 20.7. The van der Waals surface area contributed by atoms with Gasteiger partial charge < -0.3 is 28.5 Å². The van der Waals surface area contributed by atoms with Gasteiger partial charge in [0.2, 0.25) is 5.91 Å². The van der Waals surface area contributed by atoms with Crippen LogP contribution in [0.25, 0.3) is 0 Å². The van der Waals surface area contributed by atoms with Crippen LogP contribution in [-0.2, 0) is 27.9 Å². The maximum Gasteiger partial charge on any atom is 0.306 e. The van der Waals surface area contributed by atoms with Crippen molar-refractivity contribution < 1.29 is 37.3 Å². The lowest BCUT2D eigenvalue weighted by molar-refractivity contribution is -0.870.